The van der Waals surface area contributed by atoms with Gasteiger partial charge in [-0.25, -0.2) is 4.39 Å². The molecular formula is C23H24FN3O3. The molecule has 0 bridgehead atoms. The Morgan fingerprint density at radius 1 is 1.30 bits per heavy atom. The highest BCUT2D eigenvalue weighted by molar-refractivity contribution is 5.98. The number of ether oxygens (including phenoxy) is 1. The predicted molar refractivity (Wildman–Crippen MR) is 113 cm³/mol. The maximum atomic E-state index is 13.6. The number of nitrogens with one attached hydrogen (secondary N) is 2. The number of aromatic nitrogens is 1. The average molecular weight is 409 g/mol. The van der Waals surface area contributed by atoms with Gasteiger partial charge in [-0.3, -0.25) is 9.59 Å². The number of hydrogen-bond acceptors (Lipinski definition) is 3. The summed E-state index contributed by atoms with van der Waals surface area (Å²) in [5.41, 5.74) is 2.43. The molecule has 1 atom stereocenters. The SMILES string of the molecule is CCOc1ccccc1NC(=O)[C@H]1CC(=O)N(CCc2c[nH]c3ccc(F)cc23)C1. The summed E-state index contributed by atoms with van der Waals surface area (Å²) in [6, 6.07) is 11.9. The molecule has 1 aliphatic heterocycles. The van der Waals surface area contributed by atoms with Crippen molar-refractivity contribution in [2.24, 2.45) is 5.92 Å². The molecule has 30 heavy (non-hydrogen) atoms. The van der Waals surface area contributed by atoms with Crippen molar-refractivity contribution < 1.29 is 18.7 Å². The molecule has 6 nitrogen and oxygen atoms in total. The van der Waals surface area contributed by atoms with Crippen LogP contribution in [0.25, 0.3) is 10.9 Å². The number of hydrogen-bond donors (Lipinski definition) is 2. The van der Waals surface area contributed by atoms with E-state index >= 15 is 0 Å². The number of nitrogens with zero attached hydrogens (tertiary/aromatic N) is 1. The molecule has 2 heterocycles. The van der Waals surface area contributed by atoms with Crippen molar-refractivity contribution in [3.8, 4) is 5.75 Å². The number of halogens is 1. The van der Waals surface area contributed by atoms with Crippen molar-refractivity contribution in [1.29, 1.82) is 0 Å². The first-order chi connectivity index (χ1) is 14.5. The molecule has 0 radical (unpaired) electrons. The van der Waals surface area contributed by atoms with Gasteiger partial charge in [-0.2, -0.15) is 0 Å². The maximum Gasteiger partial charge on any atom is 0.229 e. The van der Waals surface area contributed by atoms with Crippen molar-refractivity contribution in [2.75, 3.05) is 25.0 Å². The Hall–Kier alpha value is -3.35. The number of carbonyl (C=O) groups is 2. The first kappa shape index (κ1) is 19.9. The molecule has 1 aromatic heterocycles. The van der Waals surface area contributed by atoms with Crippen molar-refractivity contribution >= 4 is 28.4 Å². The summed E-state index contributed by atoms with van der Waals surface area (Å²) >= 11 is 0. The zero-order valence-corrected chi connectivity index (χ0v) is 16.8. The van der Waals surface area contributed by atoms with E-state index in [1.54, 1.807) is 23.1 Å². The summed E-state index contributed by atoms with van der Waals surface area (Å²) in [6.45, 7) is 3.24. The lowest BCUT2D eigenvalue weighted by atomic mass is 10.1. The molecule has 2 aromatic carbocycles. The van der Waals surface area contributed by atoms with Crippen molar-refractivity contribution in [3.63, 3.8) is 0 Å². The minimum absolute atomic E-state index is 0.0423. The number of aromatic amines is 1. The van der Waals surface area contributed by atoms with E-state index in [4.69, 9.17) is 4.74 Å². The van der Waals surface area contributed by atoms with Crippen LogP contribution in [0, 0.1) is 11.7 Å². The van der Waals surface area contributed by atoms with Gasteiger partial charge in [0.25, 0.3) is 0 Å². The molecular weight excluding hydrogens is 385 g/mol. The minimum Gasteiger partial charge on any atom is -0.492 e. The molecule has 2 amide bonds. The van der Waals surface area contributed by atoms with Gasteiger partial charge in [-0.1, -0.05) is 12.1 Å². The minimum atomic E-state index is -0.410. The maximum absolute atomic E-state index is 13.6. The predicted octanol–water partition coefficient (Wildman–Crippen LogP) is 3.74. The van der Waals surface area contributed by atoms with Crippen LogP contribution in [0.15, 0.2) is 48.7 Å². The number of anilines is 1. The highest BCUT2D eigenvalue weighted by Crippen LogP contribution is 2.27. The van der Waals surface area contributed by atoms with Gasteiger partial charge in [-0.15, -0.1) is 0 Å². The van der Waals surface area contributed by atoms with Crippen LogP contribution in [0.3, 0.4) is 0 Å². The lowest BCUT2D eigenvalue weighted by Gasteiger charge is -2.17. The summed E-state index contributed by atoms with van der Waals surface area (Å²) in [5, 5.41) is 3.71. The molecule has 2 N–H and O–H groups in total. The number of carbonyl (C=O) groups excluding carboxylic acids is 2. The zero-order valence-electron chi connectivity index (χ0n) is 16.8. The van der Waals surface area contributed by atoms with Gasteiger partial charge in [0.2, 0.25) is 11.8 Å². The molecule has 0 aliphatic carbocycles. The Kier molecular flexibility index (Phi) is 5.70. The van der Waals surface area contributed by atoms with E-state index < -0.39 is 5.92 Å². The van der Waals surface area contributed by atoms with Crippen LogP contribution in [-0.2, 0) is 16.0 Å². The van der Waals surface area contributed by atoms with Crippen LogP contribution < -0.4 is 10.1 Å². The van der Waals surface area contributed by atoms with E-state index in [1.165, 1.54) is 12.1 Å². The number of para-hydroxylation sites is 2. The second-order valence-corrected chi connectivity index (χ2v) is 7.41. The third-order valence-electron chi connectivity index (χ3n) is 5.41. The molecule has 156 valence electrons. The topological polar surface area (TPSA) is 74.4 Å². The number of amides is 2. The molecule has 1 aliphatic rings. The summed E-state index contributed by atoms with van der Waals surface area (Å²) in [5.74, 6) is -0.315. The monoisotopic (exact) mass is 409 g/mol. The van der Waals surface area contributed by atoms with E-state index in [0.29, 0.717) is 37.6 Å². The van der Waals surface area contributed by atoms with E-state index in [9.17, 15) is 14.0 Å². The number of H-pyrrole nitrogens is 1. The van der Waals surface area contributed by atoms with Gasteiger partial charge < -0.3 is 19.9 Å². The Morgan fingerprint density at radius 3 is 2.97 bits per heavy atom. The van der Waals surface area contributed by atoms with Crippen molar-refractivity contribution in [3.05, 3.63) is 60.0 Å². The fraction of sp³-hybridized carbons (Fsp3) is 0.304. The first-order valence-corrected chi connectivity index (χ1v) is 10.1. The highest BCUT2D eigenvalue weighted by Gasteiger charge is 2.34. The summed E-state index contributed by atoms with van der Waals surface area (Å²) in [6.07, 6.45) is 2.63. The van der Waals surface area contributed by atoms with Gasteiger partial charge in [0.1, 0.15) is 11.6 Å². The lowest BCUT2D eigenvalue weighted by molar-refractivity contribution is -0.128. The first-order valence-electron chi connectivity index (χ1n) is 10.1. The third-order valence-corrected chi connectivity index (χ3v) is 5.41. The second-order valence-electron chi connectivity index (χ2n) is 7.41. The van der Waals surface area contributed by atoms with E-state index in [-0.39, 0.29) is 24.1 Å². The molecule has 3 aromatic rings. The zero-order chi connectivity index (χ0) is 21.1. The molecule has 1 saturated heterocycles. The largest absolute Gasteiger partial charge is 0.492 e. The Balaban J connectivity index is 1.38. The third kappa shape index (κ3) is 4.15. The van der Waals surface area contributed by atoms with Gasteiger partial charge in [-0.05, 0) is 49.2 Å². The number of benzene rings is 2. The average Bonchev–Trinajstić information content (AvgIpc) is 3.31. The number of fused-ring (bicyclic) bond motifs is 1. The highest BCUT2D eigenvalue weighted by atomic mass is 19.1. The normalized spacial score (nSPS) is 16.3. The van der Waals surface area contributed by atoms with E-state index in [1.807, 2.05) is 25.3 Å². The Morgan fingerprint density at radius 2 is 2.13 bits per heavy atom. The lowest BCUT2D eigenvalue weighted by Crippen LogP contribution is -2.30. The Labute approximate surface area is 174 Å². The molecule has 1 fully saturated rings. The van der Waals surface area contributed by atoms with Crippen molar-refractivity contribution in [2.45, 2.75) is 19.8 Å². The van der Waals surface area contributed by atoms with Crippen molar-refractivity contribution in [1.82, 2.24) is 9.88 Å². The summed E-state index contributed by atoms with van der Waals surface area (Å²) in [4.78, 5) is 30.0. The van der Waals surface area contributed by atoms with Crippen LogP contribution in [0.2, 0.25) is 0 Å². The quantitative estimate of drug-likeness (QED) is 0.624. The van der Waals surface area contributed by atoms with E-state index in [2.05, 4.69) is 10.3 Å². The van der Waals surface area contributed by atoms with Crippen LogP contribution in [-0.4, -0.2) is 41.4 Å². The van der Waals surface area contributed by atoms with Gasteiger partial charge in [0.05, 0.1) is 18.2 Å². The molecule has 7 heteroatoms. The fourth-order valence-electron chi connectivity index (χ4n) is 3.86. The van der Waals surface area contributed by atoms with Crippen LogP contribution in [0.4, 0.5) is 10.1 Å². The molecule has 0 spiro atoms. The summed E-state index contributed by atoms with van der Waals surface area (Å²) < 4.78 is 19.1. The van der Waals surface area contributed by atoms with E-state index in [0.717, 1.165) is 16.5 Å². The second kappa shape index (κ2) is 8.57. The smallest absolute Gasteiger partial charge is 0.229 e. The number of rotatable bonds is 7. The molecule has 0 unspecified atom stereocenters. The Bertz CT molecular complexity index is 1080. The summed E-state index contributed by atoms with van der Waals surface area (Å²) in [7, 11) is 0. The number of likely N-dealkylation sites (tertiary alicyclic amines) is 1. The standard InChI is InChI=1S/C23H24FN3O3/c1-2-30-21-6-4-3-5-20(21)26-23(29)16-11-22(28)27(14-16)10-9-15-13-25-19-8-7-17(24)12-18(15)19/h3-8,12-13,16,25H,2,9-11,14H2,1H3,(H,26,29)/t16-/m0/s1. The van der Waals surface area contributed by atoms with Gasteiger partial charge in [0, 0.05) is 36.6 Å². The van der Waals surface area contributed by atoms with Crippen LogP contribution >= 0.6 is 0 Å². The molecule has 4 rings (SSSR count). The van der Waals surface area contributed by atoms with Gasteiger partial charge in [0.15, 0.2) is 0 Å². The van der Waals surface area contributed by atoms with Gasteiger partial charge >= 0.3 is 0 Å². The van der Waals surface area contributed by atoms with Crippen LogP contribution in [0.5, 0.6) is 5.75 Å². The fourth-order valence-corrected chi connectivity index (χ4v) is 3.86. The van der Waals surface area contributed by atoms with Crippen LogP contribution in [0.1, 0.15) is 18.9 Å². The molecule has 0 saturated carbocycles.